The van der Waals surface area contributed by atoms with E-state index in [2.05, 4.69) is 185 Å². The first-order valence-electron chi connectivity index (χ1n) is 14.3. The van der Waals surface area contributed by atoms with Crippen LogP contribution in [0.3, 0.4) is 0 Å². The average molecular weight is 659 g/mol. The van der Waals surface area contributed by atoms with Crippen LogP contribution in [0.4, 0.5) is 0 Å². The lowest BCUT2D eigenvalue weighted by Crippen LogP contribution is -2.44. The number of hydrogen-bond acceptors (Lipinski definition) is 7. The topological polar surface area (TPSA) is 75.4 Å². The van der Waals surface area contributed by atoms with Gasteiger partial charge in [-0.05, 0) is 110 Å². The molecule has 0 fully saturated rings. The van der Waals surface area contributed by atoms with Gasteiger partial charge >= 0.3 is 7.51 Å². The van der Waals surface area contributed by atoms with Gasteiger partial charge in [0, 0.05) is 19.8 Å². The van der Waals surface area contributed by atoms with Crippen LogP contribution in [-0.2, 0) is 0 Å². The number of nitrogens with zero attached hydrogens (tertiary/aromatic N) is 12. The molecule has 1 aliphatic rings. The van der Waals surface area contributed by atoms with Crippen LogP contribution in [0.25, 0.3) is 0 Å². The Hall–Kier alpha value is 0.600. The maximum atomic E-state index is 6.03. The summed E-state index contributed by atoms with van der Waals surface area (Å²) < 4.78 is 42.3. The van der Waals surface area contributed by atoms with Gasteiger partial charge in [0.05, 0.1) is 5.54 Å². The third kappa shape index (κ3) is 7.71. The highest BCUT2D eigenvalue weighted by atomic mass is 31.3. The predicted molar refractivity (Wildman–Crippen MR) is 188 cm³/mol. The largest absolute Gasteiger partial charge is 0.306 e. The Morgan fingerprint density at radius 1 is 0.659 bits per heavy atom. The van der Waals surface area contributed by atoms with E-state index in [4.69, 9.17) is 18.3 Å². The minimum absolute atomic E-state index is 0.0778. The van der Waals surface area contributed by atoms with E-state index in [0.29, 0.717) is 0 Å². The van der Waals surface area contributed by atoms with E-state index < -0.39 is 35.4 Å². The maximum absolute atomic E-state index is 6.03. The highest BCUT2D eigenvalue weighted by molar-refractivity contribution is 7.81. The van der Waals surface area contributed by atoms with Gasteiger partial charge in [-0.1, -0.05) is 34.6 Å². The zero-order chi connectivity index (χ0) is 32.7. The van der Waals surface area contributed by atoms with Crippen molar-refractivity contribution in [2.75, 3.05) is 98.7 Å². The van der Waals surface area contributed by atoms with Gasteiger partial charge in [0.25, 0.3) is 0 Å². The summed E-state index contributed by atoms with van der Waals surface area (Å²) in [5.41, 5.74) is -0.0703. The van der Waals surface area contributed by atoms with Gasteiger partial charge in [0.1, 0.15) is 7.36 Å². The second kappa shape index (κ2) is 13.5. The lowest BCUT2D eigenvalue weighted by atomic mass is 9.82. The van der Waals surface area contributed by atoms with E-state index in [9.17, 15) is 0 Å². The highest BCUT2D eigenvalue weighted by Crippen LogP contribution is 2.82. The van der Waals surface area contributed by atoms with Crippen molar-refractivity contribution in [3.63, 3.8) is 0 Å². The molecule has 41 heavy (non-hydrogen) atoms. The minimum Gasteiger partial charge on any atom is -0.264 e. The van der Waals surface area contributed by atoms with Crippen LogP contribution < -0.4 is 0 Å². The summed E-state index contributed by atoms with van der Waals surface area (Å²) in [6.45, 7) is 15.9. The first kappa shape index (κ1) is 39.6. The zero-order valence-corrected chi connectivity index (χ0v) is 34.0. The molecule has 0 radical (unpaired) electrons. The number of rotatable bonds is 10. The number of hydrazine groups is 1. The fourth-order valence-corrected chi connectivity index (χ4v) is 26.0. The lowest BCUT2D eigenvalue weighted by Gasteiger charge is -2.50. The van der Waals surface area contributed by atoms with E-state index >= 15 is 0 Å². The van der Waals surface area contributed by atoms with Crippen molar-refractivity contribution in [3.05, 3.63) is 0 Å². The van der Waals surface area contributed by atoms with Crippen molar-refractivity contribution in [1.29, 1.82) is 0 Å². The molecule has 16 heteroatoms. The summed E-state index contributed by atoms with van der Waals surface area (Å²) in [6.07, 6.45) is 0.899. The summed E-state index contributed by atoms with van der Waals surface area (Å²) in [7, 11) is 19.5. The third-order valence-electron chi connectivity index (χ3n) is 7.31. The van der Waals surface area contributed by atoms with Crippen molar-refractivity contribution in [2.24, 2.45) is 23.7 Å². The Bertz CT molecular complexity index is 1020. The predicted octanol–water partition coefficient (Wildman–Crippen LogP) is 7.64. The Labute approximate surface area is 255 Å². The van der Waals surface area contributed by atoms with Crippen LogP contribution in [0.1, 0.15) is 54.9 Å². The third-order valence-corrected chi connectivity index (χ3v) is 24.2. The van der Waals surface area contributed by atoms with E-state index in [1.807, 2.05) is 0 Å². The van der Waals surface area contributed by atoms with Gasteiger partial charge in [-0.25, -0.2) is 4.74 Å². The van der Waals surface area contributed by atoms with E-state index in [0.717, 1.165) is 6.42 Å². The van der Waals surface area contributed by atoms with E-state index in [-0.39, 0.29) is 11.1 Å². The van der Waals surface area contributed by atoms with Gasteiger partial charge in [-0.15, -0.1) is 0 Å². The molecule has 0 aromatic carbocycles. The zero-order valence-electron chi connectivity index (χ0n) is 30.4. The summed E-state index contributed by atoms with van der Waals surface area (Å²) >= 11 is 0. The van der Waals surface area contributed by atoms with Crippen molar-refractivity contribution in [1.82, 2.24) is 37.6 Å². The van der Waals surface area contributed by atoms with Crippen LogP contribution in [0, 0.1) is 5.41 Å². The molecular weight excluding hydrogens is 592 g/mol. The Kier molecular flexibility index (Phi) is 13.1. The monoisotopic (exact) mass is 658 g/mol. The second-order valence-electron chi connectivity index (χ2n) is 14.3. The van der Waals surface area contributed by atoms with E-state index in [1.54, 1.807) is 0 Å². The van der Waals surface area contributed by atoms with E-state index in [1.165, 1.54) is 0 Å². The summed E-state index contributed by atoms with van der Waals surface area (Å²) in [5, 5.41) is 0. The molecule has 1 heterocycles. The fourth-order valence-electron chi connectivity index (χ4n) is 6.39. The maximum Gasteiger partial charge on any atom is 0.306 e. The highest BCUT2D eigenvalue weighted by Gasteiger charge is 2.49. The molecule has 0 spiro atoms. The molecule has 0 aromatic heterocycles. The lowest BCUT2D eigenvalue weighted by molar-refractivity contribution is 0.206. The molecular formula is C25H66N12P4. The molecule has 0 aliphatic carbocycles. The van der Waals surface area contributed by atoms with Gasteiger partial charge in [-0.3, -0.25) is 28.0 Å². The van der Waals surface area contributed by atoms with Crippen LogP contribution >= 0.6 is 29.9 Å². The molecule has 0 aromatic rings. The van der Waals surface area contributed by atoms with Gasteiger partial charge < -0.3 is 0 Å². The molecule has 246 valence electrons. The molecule has 0 saturated carbocycles. The van der Waals surface area contributed by atoms with Crippen molar-refractivity contribution < 1.29 is 0 Å². The van der Waals surface area contributed by atoms with Crippen molar-refractivity contribution in [2.45, 2.75) is 66.1 Å². The summed E-state index contributed by atoms with van der Waals surface area (Å²) in [4.78, 5) is 0. The van der Waals surface area contributed by atoms with Crippen LogP contribution in [0.15, 0.2) is 18.3 Å². The minimum atomic E-state index is -3.14. The summed E-state index contributed by atoms with van der Waals surface area (Å²) in [6, 6.07) is 0. The average Bonchev–Trinajstić information content (AvgIpc) is 2.82. The molecule has 0 unspecified atom stereocenters. The SMILES string of the molecule is CC(C)P(=NP1(=NC(C)(C)CC(C)(C)C)N=P(N(C)C)(N(C)C)N(C)N(C)P(N(C)C)(N(C)C)=N1)(N(C)C)N(C)C. The Morgan fingerprint density at radius 3 is 1.20 bits per heavy atom. The van der Waals surface area contributed by atoms with Crippen LogP contribution in [0.2, 0.25) is 0 Å². The van der Waals surface area contributed by atoms with Gasteiger partial charge in [0.15, 0.2) is 15.0 Å². The molecule has 0 N–H and O–H groups in total. The van der Waals surface area contributed by atoms with Crippen molar-refractivity contribution in [3.8, 4) is 0 Å². The first-order valence-corrected chi connectivity index (χ1v) is 20.8. The van der Waals surface area contributed by atoms with Crippen LogP contribution in [0.5, 0.6) is 0 Å². The normalized spacial score (nSPS) is 20.8. The number of hydrogen-bond donors (Lipinski definition) is 0. The van der Waals surface area contributed by atoms with Crippen molar-refractivity contribution >= 4 is 29.9 Å². The fraction of sp³-hybridized carbons (Fsp3) is 1.00. The van der Waals surface area contributed by atoms with Crippen LogP contribution in [-0.4, -0.2) is 147 Å². The van der Waals surface area contributed by atoms with Gasteiger partial charge in [-0.2, -0.15) is 23.1 Å². The molecule has 1 aliphatic heterocycles. The smallest absolute Gasteiger partial charge is 0.264 e. The molecule has 0 saturated heterocycles. The molecule has 0 atom stereocenters. The quantitative estimate of drug-likeness (QED) is 0.222. The summed E-state index contributed by atoms with van der Waals surface area (Å²) in [5.74, 6) is 0. The Morgan fingerprint density at radius 2 is 0.976 bits per heavy atom. The Balaban J connectivity index is 5.04. The molecule has 0 bridgehead atoms. The first-order chi connectivity index (χ1) is 18.2. The molecule has 0 amide bonds. The van der Waals surface area contributed by atoms with Gasteiger partial charge in [0.2, 0.25) is 0 Å². The second-order valence-corrected chi connectivity index (χ2v) is 28.1. The molecule has 1 rings (SSSR count). The standard InChI is InChI=1S/C25H66N12P4/c1-23(2)38(30(8)9,31(10)11)27-39(26-25(6,7)22-24(3,4)5)28-40(32(12)13,33(14)15)36(20)37(21)41(29-39,34(16)17)35(18)19/h23H,22H2,1-21H3. The molecule has 12 nitrogen and oxygen atoms in total.